The number of carbonyl (C=O) groups is 1. The smallest absolute Gasteiger partial charge is 0.220 e. The van der Waals surface area contributed by atoms with Crippen molar-refractivity contribution >= 4 is 27.6 Å². The van der Waals surface area contributed by atoms with Gasteiger partial charge < -0.3 is 10.3 Å². The van der Waals surface area contributed by atoms with Gasteiger partial charge in [0.1, 0.15) is 0 Å². The van der Waals surface area contributed by atoms with Crippen LogP contribution >= 0.6 is 0 Å². The molecule has 0 atom stereocenters. The summed E-state index contributed by atoms with van der Waals surface area (Å²) in [4.78, 5) is 15.4. The highest BCUT2D eigenvalue weighted by Gasteiger charge is 2.06. The van der Waals surface area contributed by atoms with Crippen molar-refractivity contribution in [3.63, 3.8) is 0 Å². The molecule has 0 radical (unpaired) electrons. The first kappa shape index (κ1) is 16.4. The summed E-state index contributed by atoms with van der Waals surface area (Å²) in [6, 6.07) is 22.9. The van der Waals surface area contributed by atoms with E-state index in [-0.39, 0.29) is 5.91 Å². The number of hydrogen-bond acceptors (Lipinski definition) is 1. The van der Waals surface area contributed by atoms with Gasteiger partial charge in [-0.1, -0.05) is 54.6 Å². The lowest BCUT2D eigenvalue weighted by Gasteiger charge is -2.07. The number of aromatic nitrogens is 1. The predicted molar refractivity (Wildman–Crippen MR) is 107 cm³/mol. The first-order valence-corrected chi connectivity index (χ1v) is 9.09. The third kappa shape index (κ3) is 3.62. The van der Waals surface area contributed by atoms with Crippen LogP contribution in [0.4, 0.5) is 0 Å². The fraction of sp³-hybridized carbons (Fsp3) is 0.174. The lowest BCUT2D eigenvalue weighted by atomic mass is 10.1. The summed E-state index contributed by atoms with van der Waals surface area (Å²) in [5, 5.41) is 6.72. The maximum absolute atomic E-state index is 12.2. The molecule has 3 nitrogen and oxygen atoms in total. The molecule has 1 heterocycles. The molecule has 3 heteroatoms. The molecule has 26 heavy (non-hydrogen) atoms. The van der Waals surface area contributed by atoms with E-state index in [1.165, 1.54) is 21.7 Å². The number of H-pyrrole nitrogens is 1. The molecule has 1 amide bonds. The Bertz CT molecular complexity index is 1050. The summed E-state index contributed by atoms with van der Waals surface area (Å²) in [6.07, 6.45) is 4.36. The molecule has 4 aromatic rings. The maximum atomic E-state index is 12.2. The fourth-order valence-corrected chi connectivity index (χ4v) is 3.42. The van der Waals surface area contributed by atoms with Crippen LogP contribution in [0, 0.1) is 0 Å². The molecular weight excluding hydrogens is 320 g/mol. The van der Waals surface area contributed by atoms with Gasteiger partial charge in [0.25, 0.3) is 0 Å². The van der Waals surface area contributed by atoms with Gasteiger partial charge in [0, 0.05) is 30.1 Å². The monoisotopic (exact) mass is 342 g/mol. The van der Waals surface area contributed by atoms with Gasteiger partial charge in [0.15, 0.2) is 0 Å². The maximum Gasteiger partial charge on any atom is 0.220 e. The first-order chi connectivity index (χ1) is 12.8. The first-order valence-electron chi connectivity index (χ1n) is 9.09. The van der Waals surface area contributed by atoms with Crippen molar-refractivity contribution in [3.8, 4) is 0 Å². The van der Waals surface area contributed by atoms with E-state index in [1.54, 1.807) is 0 Å². The van der Waals surface area contributed by atoms with Gasteiger partial charge in [-0.3, -0.25) is 4.79 Å². The van der Waals surface area contributed by atoms with Crippen LogP contribution in [0.3, 0.4) is 0 Å². The van der Waals surface area contributed by atoms with Gasteiger partial charge in [-0.05, 0) is 46.9 Å². The van der Waals surface area contributed by atoms with Crippen LogP contribution < -0.4 is 5.32 Å². The highest BCUT2D eigenvalue weighted by Crippen LogP contribution is 2.19. The third-order valence-corrected chi connectivity index (χ3v) is 4.83. The Morgan fingerprint density at radius 2 is 1.73 bits per heavy atom. The molecule has 0 saturated heterocycles. The molecule has 4 rings (SSSR count). The average molecular weight is 342 g/mol. The van der Waals surface area contributed by atoms with Crippen molar-refractivity contribution in [2.75, 3.05) is 0 Å². The minimum absolute atomic E-state index is 0.109. The highest BCUT2D eigenvalue weighted by atomic mass is 16.1. The molecule has 1 aromatic heterocycles. The Morgan fingerprint density at radius 3 is 2.65 bits per heavy atom. The van der Waals surface area contributed by atoms with Crippen LogP contribution in [-0.4, -0.2) is 10.9 Å². The minimum Gasteiger partial charge on any atom is -0.361 e. The van der Waals surface area contributed by atoms with E-state index in [4.69, 9.17) is 0 Å². The van der Waals surface area contributed by atoms with Gasteiger partial charge in [0.05, 0.1) is 0 Å². The SMILES string of the molecule is O=C(CCCc1c[nH]c2ccccc12)NCc1ccc2ccccc2c1. The largest absolute Gasteiger partial charge is 0.361 e. The normalized spacial score (nSPS) is 11.1. The van der Waals surface area contributed by atoms with E-state index in [0.29, 0.717) is 13.0 Å². The Morgan fingerprint density at radius 1 is 0.923 bits per heavy atom. The number of aromatic amines is 1. The topological polar surface area (TPSA) is 44.9 Å². The number of hydrogen-bond donors (Lipinski definition) is 2. The number of aryl methyl sites for hydroxylation is 1. The summed E-state index contributed by atoms with van der Waals surface area (Å²) in [5.74, 6) is 0.109. The van der Waals surface area contributed by atoms with E-state index in [2.05, 4.69) is 65.0 Å². The average Bonchev–Trinajstić information content (AvgIpc) is 3.09. The van der Waals surface area contributed by atoms with Crippen LogP contribution in [0.5, 0.6) is 0 Å². The second-order valence-electron chi connectivity index (χ2n) is 6.67. The molecule has 2 N–H and O–H groups in total. The molecule has 0 spiro atoms. The van der Waals surface area contributed by atoms with Crippen molar-refractivity contribution in [1.29, 1.82) is 0 Å². The molecule has 0 aliphatic rings. The Hall–Kier alpha value is -3.07. The van der Waals surface area contributed by atoms with Gasteiger partial charge in [-0.25, -0.2) is 0 Å². The summed E-state index contributed by atoms with van der Waals surface area (Å²) < 4.78 is 0. The number of rotatable bonds is 6. The quantitative estimate of drug-likeness (QED) is 0.511. The number of benzene rings is 3. The second-order valence-corrected chi connectivity index (χ2v) is 6.67. The summed E-state index contributed by atoms with van der Waals surface area (Å²) in [6.45, 7) is 0.580. The van der Waals surface area contributed by atoms with Crippen molar-refractivity contribution in [2.24, 2.45) is 0 Å². The standard InChI is InChI=1S/C23H22N2O/c26-23(11-5-8-20-16-24-22-10-4-3-9-21(20)22)25-15-17-12-13-18-6-1-2-7-19(18)14-17/h1-4,6-7,9-10,12-14,16,24H,5,8,11,15H2,(H,25,26). The second kappa shape index (κ2) is 7.44. The number of fused-ring (bicyclic) bond motifs is 2. The van der Waals surface area contributed by atoms with E-state index >= 15 is 0 Å². The molecule has 0 fully saturated rings. The number of carbonyl (C=O) groups excluding carboxylic acids is 1. The predicted octanol–water partition coefficient (Wildman–Crippen LogP) is 4.96. The molecule has 0 aliphatic heterocycles. The fourth-order valence-electron chi connectivity index (χ4n) is 3.42. The zero-order valence-corrected chi connectivity index (χ0v) is 14.7. The van der Waals surface area contributed by atoms with Gasteiger partial charge >= 0.3 is 0 Å². The van der Waals surface area contributed by atoms with Crippen LogP contribution in [0.25, 0.3) is 21.7 Å². The van der Waals surface area contributed by atoms with Gasteiger partial charge in [-0.15, -0.1) is 0 Å². The molecule has 0 aliphatic carbocycles. The number of nitrogens with one attached hydrogen (secondary N) is 2. The molecule has 0 bridgehead atoms. The molecule has 0 saturated carbocycles. The summed E-state index contributed by atoms with van der Waals surface area (Å²) in [7, 11) is 0. The van der Waals surface area contributed by atoms with Crippen LogP contribution in [0.2, 0.25) is 0 Å². The Labute approximate surface area is 153 Å². The zero-order chi connectivity index (χ0) is 17.8. The third-order valence-electron chi connectivity index (χ3n) is 4.83. The lowest BCUT2D eigenvalue weighted by molar-refractivity contribution is -0.121. The van der Waals surface area contributed by atoms with E-state index < -0.39 is 0 Å². The highest BCUT2D eigenvalue weighted by molar-refractivity contribution is 5.84. The summed E-state index contributed by atoms with van der Waals surface area (Å²) >= 11 is 0. The zero-order valence-electron chi connectivity index (χ0n) is 14.7. The minimum atomic E-state index is 0.109. The van der Waals surface area contributed by atoms with E-state index in [1.807, 2.05) is 18.2 Å². The Balaban J connectivity index is 1.28. The number of amides is 1. The lowest BCUT2D eigenvalue weighted by Crippen LogP contribution is -2.22. The van der Waals surface area contributed by atoms with Gasteiger partial charge in [0.2, 0.25) is 5.91 Å². The molecule has 130 valence electrons. The molecule has 0 unspecified atom stereocenters. The van der Waals surface area contributed by atoms with Crippen molar-refractivity contribution < 1.29 is 4.79 Å². The molecular formula is C23H22N2O. The Kier molecular flexibility index (Phi) is 4.69. The van der Waals surface area contributed by atoms with Crippen LogP contribution in [0.15, 0.2) is 72.9 Å². The van der Waals surface area contributed by atoms with Crippen molar-refractivity contribution in [3.05, 3.63) is 84.1 Å². The molecule has 3 aromatic carbocycles. The van der Waals surface area contributed by atoms with Crippen molar-refractivity contribution in [2.45, 2.75) is 25.8 Å². The number of para-hydroxylation sites is 1. The van der Waals surface area contributed by atoms with E-state index in [0.717, 1.165) is 23.9 Å². The van der Waals surface area contributed by atoms with Crippen LogP contribution in [0.1, 0.15) is 24.0 Å². The van der Waals surface area contributed by atoms with Crippen LogP contribution in [-0.2, 0) is 17.8 Å². The van der Waals surface area contributed by atoms with Gasteiger partial charge in [-0.2, -0.15) is 0 Å². The summed E-state index contributed by atoms with van der Waals surface area (Å²) in [5.41, 5.74) is 3.57. The van der Waals surface area contributed by atoms with E-state index in [9.17, 15) is 4.79 Å². The van der Waals surface area contributed by atoms with Crippen molar-refractivity contribution in [1.82, 2.24) is 10.3 Å².